The number of hydrazone groups is 1. The minimum Gasteiger partial charge on any atom is -0.378 e. The summed E-state index contributed by atoms with van der Waals surface area (Å²) < 4.78 is 0. The van der Waals surface area contributed by atoms with Crippen molar-refractivity contribution in [2.45, 2.75) is 6.92 Å². The van der Waals surface area contributed by atoms with Crippen LogP contribution in [0.15, 0.2) is 23.3 Å². The van der Waals surface area contributed by atoms with Crippen molar-refractivity contribution in [3.05, 3.63) is 29.3 Å². The summed E-state index contributed by atoms with van der Waals surface area (Å²) >= 11 is 0. The third-order valence-corrected chi connectivity index (χ3v) is 1.98. The van der Waals surface area contributed by atoms with E-state index in [-0.39, 0.29) is 0 Å². The van der Waals surface area contributed by atoms with Crippen molar-refractivity contribution < 1.29 is 0 Å². The smallest absolute Gasteiger partial charge is 0.0540 e. The van der Waals surface area contributed by atoms with Gasteiger partial charge in [0, 0.05) is 19.8 Å². The van der Waals surface area contributed by atoms with Crippen molar-refractivity contribution in [3.8, 4) is 0 Å². The van der Waals surface area contributed by atoms with Crippen molar-refractivity contribution in [2.75, 3.05) is 19.0 Å². The van der Waals surface area contributed by atoms with Crippen LogP contribution >= 0.6 is 0 Å². The molecule has 0 saturated carbocycles. The van der Waals surface area contributed by atoms with Crippen LogP contribution in [0.2, 0.25) is 0 Å². The fourth-order valence-corrected chi connectivity index (χ4v) is 1.16. The first-order valence-corrected chi connectivity index (χ1v) is 4.16. The molecule has 0 saturated heterocycles. The Labute approximate surface area is 78.9 Å². The predicted molar refractivity (Wildman–Crippen MR) is 57.3 cm³/mol. The van der Waals surface area contributed by atoms with Crippen LogP contribution in [-0.2, 0) is 0 Å². The Morgan fingerprint density at radius 2 is 2.08 bits per heavy atom. The van der Waals surface area contributed by atoms with Crippen molar-refractivity contribution in [1.29, 1.82) is 0 Å². The molecule has 0 fully saturated rings. The van der Waals surface area contributed by atoms with Crippen LogP contribution in [0.5, 0.6) is 0 Å². The van der Waals surface area contributed by atoms with Gasteiger partial charge in [0.2, 0.25) is 0 Å². The van der Waals surface area contributed by atoms with E-state index in [2.05, 4.69) is 16.1 Å². The zero-order chi connectivity index (χ0) is 9.84. The first-order chi connectivity index (χ1) is 6.15. The molecule has 3 heteroatoms. The van der Waals surface area contributed by atoms with E-state index in [1.54, 1.807) is 6.21 Å². The zero-order valence-corrected chi connectivity index (χ0v) is 8.28. The highest BCUT2D eigenvalue weighted by Gasteiger charge is 1.98. The summed E-state index contributed by atoms with van der Waals surface area (Å²) in [6.45, 7) is 2.05. The lowest BCUT2D eigenvalue weighted by atomic mass is 10.1. The first kappa shape index (κ1) is 9.58. The standard InChI is InChI=1S/C10H15N3/c1-8-6-10(13(2)3)5-4-9(8)7-12-11/h4-7H,11H2,1-3H3. The van der Waals surface area contributed by atoms with Gasteiger partial charge in [0.25, 0.3) is 0 Å². The lowest BCUT2D eigenvalue weighted by molar-refractivity contribution is 1.13. The van der Waals surface area contributed by atoms with Gasteiger partial charge < -0.3 is 10.7 Å². The molecule has 0 aliphatic rings. The molecule has 0 aliphatic carbocycles. The number of nitrogens with two attached hydrogens (primary N) is 1. The van der Waals surface area contributed by atoms with Gasteiger partial charge >= 0.3 is 0 Å². The largest absolute Gasteiger partial charge is 0.378 e. The highest BCUT2D eigenvalue weighted by Crippen LogP contribution is 2.15. The molecule has 0 atom stereocenters. The predicted octanol–water partition coefficient (Wildman–Crippen LogP) is 1.35. The Morgan fingerprint density at radius 1 is 1.38 bits per heavy atom. The Bertz CT molecular complexity index is 316. The van der Waals surface area contributed by atoms with E-state index >= 15 is 0 Å². The van der Waals surface area contributed by atoms with Crippen molar-refractivity contribution in [1.82, 2.24) is 0 Å². The van der Waals surface area contributed by atoms with Gasteiger partial charge in [0.05, 0.1) is 6.21 Å². The van der Waals surface area contributed by atoms with Gasteiger partial charge in [0.15, 0.2) is 0 Å². The van der Waals surface area contributed by atoms with Crippen LogP contribution < -0.4 is 10.7 Å². The van der Waals surface area contributed by atoms with Crippen LogP contribution in [0, 0.1) is 6.92 Å². The second-order valence-electron chi connectivity index (χ2n) is 3.21. The van der Waals surface area contributed by atoms with Crippen molar-refractivity contribution >= 4 is 11.9 Å². The lowest BCUT2D eigenvalue weighted by Crippen LogP contribution is -2.08. The molecule has 0 aliphatic heterocycles. The molecule has 0 heterocycles. The van der Waals surface area contributed by atoms with E-state index in [0.717, 1.165) is 5.56 Å². The summed E-state index contributed by atoms with van der Waals surface area (Å²) in [5, 5.41) is 3.50. The van der Waals surface area contributed by atoms with E-state index in [1.165, 1.54) is 11.3 Å². The summed E-state index contributed by atoms with van der Waals surface area (Å²) in [6, 6.07) is 6.17. The van der Waals surface area contributed by atoms with Crippen LogP contribution in [0.25, 0.3) is 0 Å². The maximum absolute atomic E-state index is 5.09. The van der Waals surface area contributed by atoms with Crippen molar-refractivity contribution in [3.63, 3.8) is 0 Å². The Kier molecular flexibility index (Phi) is 2.90. The molecule has 0 radical (unpaired) electrons. The molecule has 0 spiro atoms. The molecule has 3 nitrogen and oxygen atoms in total. The van der Waals surface area contributed by atoms with E-state index in [9.17, 15) is 0 Å². The van der Waals surface area contributed by atoms with Gasteiger partial charge in [-0.25, -0.2) is 0 Å². The first-order valence-electron chi connectivity index (χ1n) is 4.16. The highest BCUT2D eigenvalue weighted by atomic mass is 15.1. The van der Waals surface area contributed by atoms with Gasteiger partial charge in [0.1, 0.15) is 0 Å². The van der Waals surface area contributed by atoms with Crippen LogP contribution in [-0.4, -0.2) is 20.3 Å². The third-order valence-electron chi connectivity index (χ3n) is 1.98. The van der Waals surface area contributed by atoms with Gasteiger partial charge in [-0.1, -0.05) is 6.07 Å². The third kappa shape index (κ3) is 2.21. The zero-order valence-electron chi connectivity index (χ0n) is 8.28. The van der Waals surface area contributed by atoms with Gasteiger partial charge in [-0.15, -0.1) is 0 Å². The molecule has 0 aromatic heterocycles. The molecule has 0 bridgehead atoms. The molecule has 1 aromatic carbocycles. The fraction of sp³-hybridized carbons (Fsp3) is 0.300. The van der Waals surface area contributed by atoms with Crippen LogP contribution in [0.4, 0.5) is 5.69 Å². The molecule has 2 N–H and O–H groups in total. The average Bonchev–Trinajstić information content (AvgIpc) is 2.08. The normalized spacial score (nSPS) is 10.7. The second kappa shape index (κ2) is 3.94. The molecule has 13 heavy (non-hydrogen) atoms. The Morgan fingerprint density at radius 3 is 2.54 bits per heavy atom. The fourth-order valence-electron chi connectivity index (χ4n) is 1.16. The summed E-state index contributed by atoms with van der Waals surface area (Å²) in [6.07, 6.45) is 1.66. The van der Waals surface area contributed by atoms with E-state index in [1.807, 2.05) is 33.2 Å². The summed E-state index contributed by atoms with van der Waals surface area (Å²) in [5.74, 6) is 5.09. The Hall–Kier alpha value is -1.51. The lowest BCUT2D eigenvalue weighted by Gasteiger charge is -2.13. The highest BCUT2D eigenvalue weighted by molar-refractivity contribution is 5.82. The topological polar surface area (TPSA) is 41.6 Å². The second-order valence-corrected chi connectivity index (χ2v) is 3.21. The number of aryl methyl sites for hydroxylation is 1. The molecule has 1 rings (SSSR count). The minimum absolute atomic E-state index is 1.06. The maximum atomic E-state index is 5.09. The number of benzene rings is 1. The van der Waals surface area contributed by atoms with Gasteiger partial charge in [-0.2, -0.15) is 5.10 Å². The number of nitrogens with zero attached hydrogens (tertiary/aromatic N) is 2. The van der Waals surface area contributed by atoms with Gasteiger partial charge in [-0.3, -0.25) is 0 Å². The minimum atomic E-state index is 1.06. The van der Waals surface area contributed by atoms with Crippen molar-refractivity contribution in [2.24, 2.45) is 10.9 Å². The molecule has 70 valence electrons. The van der Waals surface area contributed by atoms with E-state index in [0.29, 0.717) is 0 Å². The number of anilines is 1. The number of rotatable bonds is 2. The van der Waals surface area contributed by atoms with Crippen LogP contribution in [0.3, 0.4) is 0 Å². The molecule has 0 amide bonds. The summed E-state index contributed by atoms with van der Waals surface area (Å²) in [7, 11) is 4.04. The quantitative estimate of drug-likeness (QED) is 0.421. The average molecular weight is 177 g/mol. The summed E-state index contributed by atoms with van der Waals surface area (Å²) in [5.41, 5.74) is 3.43. The molecule has 1 aromatic rings. The van der Waals surface area contributed by atoms with Gasteiger partial charge in [-0.05, 0) is 30.2 Å². The maximum Gasteiger partial charge on any atom is 0.0540 e. The molecular weight excluding hydrogens is 162 g/mol. The van der Waals surface area contributed by atoms with E-state index in [4.69, 9.17) is 5.84 Å². The van der Waals surface area contributed by atoms with E-state index < -0.39 is 0 Å². The Balaban J connectivity index is 3.05. The monoisotopic (exact) mass is 177 g/mol. The molecule has 0 unspecified atom stereocenters. The SMILES string of the molecule is Cc1cc(N(C)C)ccc1C=NN. The molecular formula is C10H15N3. The van der Waals surface area contributed by atoms with Crippen LogP contribution in [0.1, 0.15) is 11.1 Å². The number of hydrogen-bond acceptors (Lipinski definition) is 3. The summed E-state index contributed by atoms with van der Waals surface area (Å²) in [4.78, 5) is 2.07. The number of hydrogen-bond donors (Lipinski definition) is 1.